The first-order valence-electron chi connectivity index (χ1n) is 4.18. The normalized spacial score (nSPS) is 21.1. The number of carbonyl (C=O) groups is 1. The third-order valence-corrected chi connectivity index (χ3v) is 1.87. The first kappa shape index (κ1) is 9.48. The van der Waals surface area contributed by atoms with E-state index in [1.165, 1.54) is 0 Å². The lowest BCUT2D eigenvalue weighted by atomic mass is 10.1. The maximum absolute atomic E-state index is 10.5. The van der Waals surface area contributed by atoms with Crippen LogP contribution in [0.2, 0.25) is 0 Å². The molecule has 0 saturated carbocycles. The Morgan fingerprint density at radius 3 is 2.50 bits per heavy atom. The van der Waals surface area contributed by atoms with Gasteiger partial charge in [0.05, 0.1) is 19.6 Å². The second-order valence-electron chi connectivity index (χ2n) is 2.93. The highest BCUT2D eigenvalue weighted by Crippen LogP contribution is 2.28. The molecule has 4 nitrogen and oxygen atoms in total. The van der Waals surface area contributed by atoms with E-state index in [2.05, 4.69) is 0 Å². The van der Waals surface area contributed by atoms with Crippen LogP contribution >= 0.6 is 0 Å². The summed E-state index contributed by atoms with van der Waals surface area (Å²) in [6.45, 7) is 3.00. The van der Waals surface area contributed by atoms with Crippen LogP contribution in [0, 0.1) is 0 Å². The van der Waals surface area contributed by atoms with Crippen LogP contribution in [0.3, 0.4) is 0 Å². The van der Waals surface area contributed by atoms with Crippen LogP contribution in [0.4, 0.5) is 0 Å². The molecule has 0 aliphatic carbocycles. The molecule has 0 unspecified atom stereocenters. The minimum absolute atomic E-state index is 0.0547. The molecule has 0 spiro atoms. The van der Waals surface area contributed by atoms with Crippen molar-refractivity contribution in [3.63, 3.8) is 0 Å². The number of aliphatic carboxylic acids is 1. The molecule has 0 aromatic carbocycles. The summed E-state index contributed by atoms with van der Waals surface area (Å²) in [7, 11) is 0. The molecule has 1 aliphatic rings. The Bertz CT molecular complexity index is 160. The third-order valence-electron chi connectivity index (χ3n) is 1.87. The molecule has 1 saturated heterocycles. The molecule has 0 atom stereocenters. The molecule has 1 rings (SSSR count). The van der Waals surface area contributed by atoms with Gasteiger partial charge in [0, 0.05) is 6.42 Å². The first-order valence-corrected chi connectivity index (χ1v) is 4.18. The zero-order chi connectivity index (χ0) is 9.03. The van der Waals surface area contributed by atoms with Crippen LogP contribution in [0.15, 0.2) is 0 Å². The Balaban J connectivity index is 2.52. The number of carboxylic acid groups (broad SMARTS) is 1. The quantitative estimate of drug-likeness (QED) is 0.690. The fraction of sp³-hybridized carbons (Fsp3) is 0.875. The van der Waals surface area contributed by atoms with Gasteiger partial charge in [-0.1, -0.05) is 13.3 Å². The highest BCUT2D eigenvalue weighted by atomic mass is 16.7. The Morgan fingerprint density at radius 2 is 2.08 bits per heavy atom. The molecule has 0 aromatic heterocycles. The molecule has 70 valence electrons. The van der Waals surface area contributed by atoms with Crippen LogP contribution in [0.25, 0.3) is 0 Å². The van der Waals surface area contributed by atoms with Crippen molar-refractivity contribution < 1.29 is 19.4 Å². The van der Waals surface area contributed by atoms with Gasteiger partial charge in [-0.05, 0) is 0 Å². The van der Waals surface area contributed by atoms with Crippen LogP contribution in [0.1, 0.15) is 26.2 Å². The summed E-state index contributed by atoms with van der Waals surface area (Å²) in [5.41, 5.74) is 0. The van der Waals surface area contributed by atoms with Gasteiger partial charge in [-0.2, -0.15) is 0 Å². The third kappa shape index (κ3) is 2.19. The predicted octanol–water partition coefficient (Wildman–Crippen LogP) is 1.00. The molecular formula is C8H14O4. The highest BCUT2D eigenvalue weighted by molar-refractivity contribution is 5.67. The maximum Gasteiger partial charge on any atom is 0.308 e. The zero-order valence-electron chi connectivity index (χ0n) is 7.21. The van der Waals surface area contributed by atoms with Gasteiger partial charge in [-0.3, -0.25) is 4.79 Å². The maximum atomic E-state index is 10.5. The first-order chi connectivity index (χ1) is 5.68. The Hall–Kier alpha value is -0.610. The summed E-state index contributed by atoms with van der Waals surface area (Å²) in [6.07, 6.45) is 1.47. The number of rotatable bonds is 4. The molecule has 1 heterocycles. The Morgan fingerprint density at radius 1 is 1.50 bits per heavy atom. The van der Waals surface area contributed by atoms with Gasteiger partial charge in [0.25, 0.3) is 0 Å². The second kappa shape index (κ2) is 3.87. The summed E-state index contributed by atoms with van der Waals surface area (Å²) >= 11 is 0. The largest absolute Gasteiger partial charge is 0.481 e. The SMILES string of the molecule is CCCC1(CC(=O)O)OCCO1. The van der Waals surface area contributed by atoms with Crippen molar-refractivity contribution in [2.45, 2.75) is 32.0 Å². The summed E-state index contributed by atoms with van der Waals surface area (Å²) in [5.74, 6) is -1.70. The van der Waals surface area contributed by atoms with Crippen molar-refractivity contribution >= 4 is 5.97 Å². The van der Waals surface area contributed by atoms with E-state index in [-0.39, 0.29) is 6.42 Å². The van der Waals surface area contributed by atoms with Crippen molar-refractivity contribution in [2.24, 2.45) is 0 Å². The van der Waals surface area contributed by atoms with E-state index in [0.29, 0.717) is 19.6 Å². The summed E-state index contributed by atoms with van der Waals surface area (Å²) in [5, 5.41) is 8.61. The number of ether oxygens (including phenoxy) is 2. The summed E-state index contributed by atoms with van der Waals surface area (Å²) in [6, 6.07) is 0. The van der Waals surface area contributed by atoms with E-state index in [1.807, 2.05) is 6.92 Å². The standard InChI is InChI=1S/C8H14O4/c1-2-3-8(6-7(9)10)11-4-5-12-8/h2-6H2,1H3,(H,9,10). The summed E-state index contributed by atoms with van der Waals surface area (Å²) in [4.78, 5) is 10.5. The van der Waals surface area contributed by atoms with Crippen molar-refractivity contribution in [1.82, 2.24) is 0 Å². The minimum atomic E-state index is -0.870. The van der Waals surface area contributed by atoms with E-state index >= 15 is 0 Å². The zero-order valence-corrected chi connectivity index (χ0v) is 7.21. The molecule has 1 fully saturated rings. The van der Waals surface area contributed by atoms with Gasteiger partial charge < -0.3 is 14.6 Å². The average Bonchev–Trinajstić information content (AvgIpc) is 2.36. The number of hydrogen-bond acceptors (Lipinski definition) is 3. The van der Waals surface area contributed by atoms with E-state index in [4.69, 9.17) is 14.6 Å². The van der Waals surface area contributed by atoms with Gasteiger partial charge in [0.1, 0.15) is 0 Å². The fourth-order valence-corrected chi connectivity index (χ4v) is 1.44. The van der Waals surface area contributed by atoms with Crippen LogP contribution < -0.4 is 0 Å². The topological polar surface area (TPSA) is 55.8 Å². The number of carboxylic acids is 1. The summed E-state index contributed by atoms with van der Waals surface area (Å²) < 4.78 is 10.6. The monoisotopic (exact) mass is 174 g/mol. The van der Waals surface area contributed by atoms with Crippen molar-refractivity contribution in [3.05, 3.63) is 0 Å². The smallest absolute Gasteiger partial charge is 0.308 e. The Kier molecular flexibility index (Phi) is 3.05. The molecule has 4 heteroatoms. The highest BCUT2D eigenvalue weighted by Gasteiger charge is 2.37. The van der Waals surface area contributed by atoms with Crippen LogP contribution in [-0.4, -0.2) is 30.1 Å². The predicted molar refractivity (Wildman–Crippen MR) is 41.8 cm³/mol. The van der Waals surface area contributed by atoms with Crippen molar-refractivity contribution in [1.29, 1.82) is 0 Å². The molecule has 0 bridgehead atoms. The van der Waals surface area contributed by atoms with Crippen molar-refractivity contribution in [3.8, 4) is 0 Å². The lowest BCUT2D eigenvalue weighted by Gasteiger charge is -2.24. The second-order valence-corrected chi connectivity index (χ2v) is 2.93. The number of hydrogen-bond donors (Lipinski definition) is 1. The molecule has 1 aliphatic heterocycles. The Labute approximate surface area is 71.5 Å². The van der Waals surface area contributed by atoms with E-state index in [1.54, 1.807) is 0 Å². The van der Waals surface area contributed by atoms with Gasteiger partial charge >= 0.3 is 5.97 Å². The van der Waals surface area contributed by atoms with Gasteiger partial charge in [0.15, 0.2) is 5.79 Å². The average molecular weight is 174 g/mol. The lowest BCUT2D eigenvalue weighted by Crippen LogP contribution is -2.32. The van der Waals surface area contributed by atoms with E-state index in [9.17, 15) is 4.79 Å². The fourth-order valence-electron chi connectivity index (χ4n) is 1.44. The van der Waals surface area contributed by atoms with Crippen LogP contribution in [0.5, 0.6) is 0 Å². The molecular weight excluding hydrogens is 160 g/mol. The van der Waals surface area contributed by atoms with E-state index < -0.39 is 11.8 Å². The molecule has 0 aromatic rings. The molecule has 0 amide bonds. The molecule has 0 radical (unpaired) electrons. The van der Waals surface area contributed by atoms with Crippen LogP contribution in [-0.2, 0) is 14.3 Å². The molecule has 12 heavy (non-hydrogen) atoms. The van der Waals surface area contributed by atoms with Gasteiger partial charge in [-0.25, -0.2) is 0 Å². The molecule has 1 N–H and O–H groups in total. The minimum Gasteiger partial charge on any atom is -0.481 e. The lowest BCUT2D eigenvalue weighted by molar-refractivity contribution is -0.182. The van der Waals surface area contributed by atoms with E-state index in [0.717, 1.165) is 6.42 Å². The van der Waals surface area contributed by atoms with Gasteiger partial charge in [0.2, 0.25) is 0 Å². The van der Waals surface area contributed by atoms with Crippen molar-refractivity contribution in [2.75, 3.05) is 13.2 Å². The van der Waals surface area contributed by atoms with Gasteiger partial charge in [-0.15, -0.1) is 0 Å².